The lowest BCUT2D eigenvalue weighted by atomic mass is 10.2. The molecule has 24 heavy (non-hydrogen) atoms. The van der Waals surface area contributed by atoms with Crippen molar-refractivity contribution in [3.05, 3.63) is 60.2 Å². The van der Waals surface area contributed by atoms with Crippen LogP contribution in [0.1, 0.15) is 12.0 Å². The number of hydrogen-bond acceptors (Lipinski definition) is 3. The van der Waals surface area contributed by atoms with Gasteiger partial charge >= 0.3 is 0 Å². The van der Waals surface area contributed by atoms with Crippen molar-refractivity contribution in [3.63, 3.8) is 0 Å². The van der Waals surface area contributed by atoms with Crippen molar-refractivity contribution in [1.29, 1.82) is 0 Å². The van der Waals surface area contributed by atoms with Crippen LogP contribution in [0.3, 0.4) is 0 Å². The molecule has 4 nitrogen and oxygen atoms in total. The second-order valence-corrected chi connectivity index (χ2v) is 6.44. The van der Waals surface area contributed by atoms with Gasteiger partial charge in [-0.25, -0.2) is 0 Å². The largest absolute Gasteiger partial charge is 0.497 e. The van der Waals surface area contributed by atoms with Gasteiger partial charge < -0.3 is 15.4 Å². The summed E-state index contributed by atoms with van der Waals surface area (Å²) in [6, 6.07) is 18.8. The molecule has 0 bridgehead atoms. The van der Waals surface area contributed by atoms with Gasteiger partial charge in [-0.1, -0.05) is 36.4 Å². The summed E-state index contributed by atoms with van der Waals surface area (Å²) in [4.78, 5) is 2.46. The molecule has 3 rings (SSSR count). The number of hydrogen-bond donors (Lipinski definition) is 2. The van der Waals surface area contributed by atoms with E-state index in [-0.39, 0.29) is 0 Å². The van der Waals surface area contributed by atoms with Crippen molar-refractivity contribution >= 4 is 23.0 Å². The molecule has 0 aromatic heterocycles. The van der Waals surface area contributed by atoms with E-state index in [1.54, 1.807) is 7.11 Å². The minimum absolute atomic E-state index is 0.388. The molecule has 0 radical (unpaired) electrons. The van der Waals surface area contributed by atoms with E-state index < -0.39 is 0 Å². The van der Waals surface area contributed by atoms with Crippen LogP contribution in [0.25, 0.3) is 0 Å². The monoisotopic (exact) mass is 341 g/mol. The van der Waals surface area contributed by atoms with Crippen LogP contribution in [-0.4, -0.2) is 36.3 Å². The molecule has 0 aliphatic carbocycles. The van der Waals surface area contributed by atoms with Crippen molar-refractivity contribution < 1.29 is 4.74 Å². The van der Waals surface area contributed by atoms with Crippen LogP contribution in [0, 0.1) is 0 Å². The Hall–Kier alpha value is -2.11. The first-order chi connectivity index (χ1) is 11.7. The van der Waals surface area contributed by atoms with Crippen molar-refractivity contribution in [1.82, 2.24) is 10.2 Å². The summed E-state index contributed by atoms with van der Waals surface area (Å²) < 4.78 is 5.23. The zero-order valence-corrected chi connectivity index (χ0v) is 14.7. The van der Waals surface area contributed by atoms with Crippen molar-refractivity contribution in [2.24, 2.45) is 0 Å². The zero-order chi connectivity index (χ0) is 16.8. The summed E-state index contributed by atoms with van der Waals surface area (Å²) in [5.41, 5.74) is 2.29. The fourth-order valence-corrected chi connectivity index (χ4v) is 3.27. The average molecular weight is 341 g/mol. The molecule has 2 aromatic rings. The van der Waals surface area contributed by atoms with E-state index in [1.807, 2.05) is 24.3 Å². The van der Waals surface area contributed by atoms with Crippen LogP contribution in [0.5, 0.6) is 5.75 Å². The Labute approximate surface area is 148 Å². The van der Waals surface area contributed by atoms with Gasteiger partial charge in [0, 0.05) is 37.4 Å². The minimum atomic E-state index is 0.388. The standard InChI is InChI=1S/C19H23N3OS/c1-23-18-9-5-8-16(12-18)20-19(24)21-17-10-11-22(14-17)13-15-6-3-2-4-7-15/h2-9,12,17H,10-11,13-14H2,1H3,(H2,20,21,24)/t17-/m1/s1. The first kappa shape index (κ1) is 16.7. The predicted molar refractivity (Wildman–Crippen MR) is 102 cm³/mol. The molecule has 0 amide bonds. The molecule has 1 aliphatic heterocycles. The topological polar surface area (TPSA) is 36.5 Å². The lowest BCUT2D eigenvalue weighted by Gasteiger charge is -2.18. The molecule has 2 aromatic carbocycles. The molecule has 1 atom stereocenters. The highest BCUT2D eigenvalue weighted by molar-refractivity contribution is 7.80. The summed E-state index contributed by atoms with van der Waals surface area (Å²) >= 11 is 5.44. The van der Waals surface area contributed by atoms with Crippen LogP contribution >= 0.6 is 12.2 Å². The normalized spacial score (nSPS) is 17.5. The number of ether oxygens (including phenoxy) is 1. The molecule has 1 fully saturated rings. The van der Waals surface area contributed by atoms with E-state index in [0.29, 0.717) is 11.2 Å². The van der Waals surface area contributed by atoms with E-state index in [2.05, 4.69) is 45.9 Å². The third kappa shape index (κ3) is 4.69. The van der Waals surface area contributed by atoms with E-state index >= 15 is 0 Å². The average Bonchev–Trinajstić information content (AvgIpc) is 3.02. The van der Waals surface area contributed by atoms with Crippen molar-refractivity contribution in [2.45, 2.75) is 19.0 Å². The van der Waals surface area contributed by atoms with Gasteiger partial charge in [0.05, 0.1) is 7.11 Å². The van der Waals surface area contributed by atoms with Gasteiger partial charge in [-0.05, 0) is 36.3 Å². The highest BCUT2D eigenvalue weighted by Gasteiger charge is 2.22. The summed E-state index contributed by atoms with van der Waals surface area (Å²) in [6.45, 7) is 3.10. The number of nitrogens with one attached hydrogen (secondary N) is 2. The van der Waals surface area contributed by atoms with Crippen LogP contribution in [-0.2, 0) is 6.54 Å². The molecule has 2 N–H and O–H groups in total. The van der Waals surface area contributed by atoms with Gasteiger partial charge in [0.15, 0.2) is 5.11 Å². The Balaban J connectivity index is 1.47. The van der Waals surface area contributed by atoms with Gasteiger partial charge in [-0.3, -0.25) is 4.90 Å². The second-order valence-electron chi connectivity index (χ2n) is 6.04. The lowest BCUT2D eigenvalue weighted by molar-refractivity contribution is 0.324. The molecule has 126 valence electrons. The summed E-state index contributed by atoms with van der Waals surface area (Å²) in [6.07, 6.45) is 1.10. The fraction of sp³-hybridized carbons (Fsp3) is 0.316. The molecule has 1 aliphatic rings. The predicted octanol–water partition coefficient (Wildman–Crippen LogP) is 3.26. The lowest BCUT2D eigenvalue weighted by Crippen LogP contribution is -2.39. The number of rotatable bonds is 5. The molecular formula is C19H23N3OS. The highest BCUT2D eigenvalue weighted by Crippen LogP contribution is 2.17. The summed E-state index contributed by atoms with van der Waals surface area (Å²) in [5, 5.41) is 7.31. The Kier molecular flexibility index (Phi) is 5.67. The number of thiocarbonyl (C=S) groups is 1. The van der Waals surface area contributed by atoms with Crippen molar-refractivity contribution in [3.8, 4) is 5.75 Å². The second kappa shape index (κ2) is 8.13. The molecule has 5 heteroatoms. The van der Waals surface area contributed by atoms with Gasteiger partial charge in [-0.2, -0.15) is 0 Å². The number of likely N-dealkylation sites (tertiary alicyclic amines) is 1. The first-order valence-corrected chi connectivity index (χ1v) is 8.61. The Bertz CT molecular complexity index is 677. The van der Waals surface area contributed by atoms with Gasteiger partial charge in [0.1, 0.15) is 5.75 Å². The molecule has 0 unspecified atom stereocenters. The fourth-order valence-electron chi connectivity index (χ4n) is 2.99. The third-order valence-electron chi connectivity index (χ3n) is 4.18. The van der Waals surface area contributed by atoms with Crippen LogP contribution in [0.2, 0.25) is 0 Å². The Morgan fingerprint density at radius 1 is 1.21 bits per heavy atom. The molecular weight excluding hydrogens is 318 g/mol. The quantitative estimate of drug-likeness (QED) is 0.817. The highest BCUT2D eigenvalue weighted by atomic mass is 32.1. The summed E-state index contributed by atoms with van der Waals surface area (Å²) in [7, 11) is 1.66. The Morgan fingerprint density at radius 2 is 2.04 bits per heavy atom. The molecule has 0 spiro atoms. The molecule has 0 saturated carbocycles. The van der Waals surface area contributed by atoms with E-state index in [1.165, 1.54) is 5.56 Å². The van der Waals surface area contributed by atoms with Gasteiger partial charge in [0.2, 0.25) is 0 Å². The maximum Gasteiger partial charge on any atom is 0.171 e. The number of benzene rings is 2. The smallest absolute Gasteiger partial charge is 0.171 e. The Morgan fingerprint density at radius 3 is 2.83 bits per heavy atom. The maximum absolute atomic E-state index is 5.44. The van der Waals surface area contributed by atoms with E-state index in [0.717, 1.165) is 37.5 Å². The van der Waals surface area contributed by atoms with Gasteiger partial charge in [0.25, 0.3) is 0 Å². The SMILES string of the molecule is COc1cccc(NC(=S)N[C@@H]2CCN(Cc3ccccc3)C2)c1. The van der Waals surface area contributed by atoms with Crippen LogP contribution < -0.4 is 15.4 Å². The van der Waals surface area contributed by atoms with Crippen LogP contribution in [0.4, 0.5) is 5.69 Å². The number of methoxy groups -OCH3 is 1. The summed E-state index contributed by atoms with van der Waals surface area (Å²) in [5.74, 6) is 0.817. The van der Waals surface area contributed by atoms with E-state index in [9.17, 15) is 0 Å². The molecule has 1 saturated heterocycles. The van der Waals surface area contributed by atoms with E-state index in [4.69, 9.17) is 17.0 Å². The van der Waals surface area contributed by atoms with Crippen molar-refractivity contribution in [2.75, 3.05) is 25.5 Å². The zero-order valence-electron chi connectivity index (χ0n) is 13.9. The minimum Gasteiger partial charge on any atom is -0.497 e. The number of anilines is 1. The maximum atomic E-state index is 5.44. The number of nitrogens with zero attached hydrogens (tertiary/aromatic N) is 1. The third-order valence-corrected chi connectivity index (χ3v) is 4.40. The van der Waals surface area contributed by atoms with Crippen LogP contribution in [0.15, 0.2) is 54.6 Å². The first-order valence-electron chi connectivity index (χ1n) is 8.21. The van der Waals surface area contributed by atoms with Gasteiger partial charge in [-0.15, -0.1) is 0 Å². The molecule has 1 heterocycles.